The van der Waals surface area contributed by atoms with Crippen molar-refractivity contribution < 1.29 is 14.3 Å². The number of anilines is 1. The number of rotatable bonds is 10. The van der Waals surface area contributed by atoms with Crippen LogP contribution < -0.4 is 10.1 Å². The maximum Gasteiger partial charge on any atom is 0.239 e. The third-order valence-electron chi connectivity index (χ3n) is 7.53. The Bertz CT molecular complexity index is 1280. The molecule has 0 spiro atoms. The molecule has 0 unspecified atom stereocenters. The molecular formula is C34H36N2O3. The zero-order valence-corrected chi connectivity index (χ0v) is 22.5. The average molecular weight is 521 g/mol. The van der Waals surface area contributed by atoms with Crippen molar-refractivity contribution in [1.82, 2.24) is 4.90 Å². The Morgan fingerprint density at radius 3 is 2.05 bits per heavy atom. The van der Waals surface area contributed by atoms with Crippen molar-refractivity contribution in [3.8, 4) is 5.75 Å². The summed E-state index contributed by atoms with van der Waals surface area (Å²) >= 11 is 0. The number of morpholine rings is 1. The van der Waals surface area contributed by atoms with E-state index in [2.05, 4.69) is 41.4 Å². The second-order valence-corrected chi connectivity index (χ2v) is 10.1. The highest BCUT2D eigenvalue weighted by Gasteiger charge is 2.47. The SMILES string of the molecule is C[C@@H](CN1CCOCC1)C(C(=O)Nc1cccc(OCc2ccccc2)c1)(c1ccccc1)c1ccccc1. The third-order valence-corrected chi connectivity index (χ3v) is 7.53. The Morgan fingerprint density at radius 1 is 0.846 bits per heavy atom. The summed E-state index contributed by atoms with van der Waals surface area (Å²) in [6, 6.07) is 38.0. The van der Waals surface area contributed by atoms with Gasteiger partial charge in [0.15, 0.2) is 0 Å². The molecule has 39 heavy (non-hydrogen) atoms. The van der Waals surface area contributed by atoms with Gasteiger partial charge < -0.3 is 14.8 Å². The number of hydrogen-bond acceptors (Lipinski definition) is 4. The van der Waals surface area contributed by atoms with Gasteiger partial charge in [0.2, 0.25) is 5.91 Å². The monoisotopic (exact) mass is 520 g/mol. The van der Waals surface area contributed by atoms with Crippen LogP contribution in [0.15, 0.2) is 115 Å². The molecule has 4 aromatic carbocycles. The lowest BCUT2D eigenvalue weighted by atomic mass is 9.65. The van der Waals surface area contributed by atoms with Crippen LogP contribution >= 0.6 is 0 Å². The van der Waals surface area contributed by atoms with E-state index in [0.717, 1.165) is 49.5 Å². The number of benzene rings is 4. The first kappa shape index (κ1) is 26.7. The predicted octanol–water partition coefficient (Wildman–Crippen LogP) is 6.16. The fourth-order valence-electron chi connectivity index (χ4n) is 5.57. The quantitative estimate of drug-likeness (QED) is 0.272. The smallest absolute Gasteiger partial charge is 0.239 e. The molecule has 5 rings (SSSR count). The minimum atomic E-state index is -0.901. The van der Waals surface area contributed by atoms with E-state index < -0.39 is 5.41 Å². The van der Waals surface area contributed by atoms with Gasteiger partial charge in [-0.15, -0.1) is 0 Å². The molecule has 1 aliphatic rings. The topological polar surface area (TPSA) is 50.8 Å². The number of nitrogens with one attached hydrogen (secondary N) is 1. The van der Waals surface area contributed by atoms with Gasteiger partial charge in [0.05, 0.1) is 13.2 Å². The van der Waals surface area contributed by atoms with Crippen molar-refractivity contribution >= 4 is 11.6 Å². The van der Waals surface area contributed by atoms with Crippen molar-refractivity contribution in [2.75, 3.05) is 38.2 Å². The Kier molecular flexibility index (Phi) is 8.71. The van der Waals surface area contributed by atoms with E-state index in [4.69, 9.17) is 9.47 Å². The van der Waals surface area contributed by atoms with Crippen LogP contribution in [-0.4, -0.2) is 43.7 Å². The lowest BCUT2D eigenvalue weighted by Crippen LogP contribution is -2.51. The summed E-state index contributed by atoms with van der Waals surface area (Å²) in [5.74, 6) is 0.641. The van der Waals surface area contributed by atoms with E-state index in [1.165, 1.54) is 0 Å². The van der Waals surface area contributed by atoms with Crippen molar-refractivity contribution in [2.45, 2.75) is 18.9 Å². The van der Waals surface area contributed by atoms with Gasteiger partial charge in [0.1, 0.15) is 17.8 Å². The highest BCUT2D eigenvalue weighted by molar-refractivity contribution is 6.02. The molecule has 5 heteroatoms. The van der Waals surface area contributed by atoms with Crippen LogP contribution in [0.5, 0.6) is 5.75 Å². The first-order valence-corrected chi connectivity index (χ1v) is 13.7. The summed E-state index contributed by atoms with van der Waals surface area (Å²) in [6.45, 7) is 6.61. The van der Waals surface area contributed by atoms with Crippen LogP contribution in [0, 0.1) is 5.92 Å². The number of carbonyl (C=O) groups excluding carboxylic acids is 1. The van der Waals surface area contributed by atoms with E-state index in [0.29, 0.717) is 18.0 Å². The largest absolute Gasteiger partial charge is 0.489 e. The zero-order chi connectivity index (χ0) is 26.9. The van der Waals surface area contributed by atoms with Crippen molar-refractivity contribution in [3.63, 3.8) is 0 Å². The van der Waals surface area contributed by atoms with E-state index in [1.807, 2.05) is 91.0 Å². The van der Waals surface area contributed by atoms with Crippen LogP contribution in [0.4, 0.5) is 5.69 Å². The molecule has 5 nitrogen and oxygen atoms in total. The molecule has 1 fully saturated rings. The highest BCUT2D eigenvalue weighted by atomic mass is 16.5. The molecule has 4 aromatic rings. The Labute approximate surface area is 231 Å². The van der Waals surface area contributed by atoms with Crippen LogP contribution in [0.25, 0.3) is 0 Å². The molecule has 1 amide bonds. The van der Waals surface area contributed by atoms with Crippen LogP contribution in [0.3, 0.4) is 0 Å². The molecule has 0 aromatic heterocycles. The molecule has 1 N–H and O–H groups in total. The lowest BCUT2D eigenvalue weighted by Gasteiger charge is -2.41. The van der Waals surface area contributed by atoms with Crippen molar-refractivity contribution in [3.05, 3.63) is 132 Å². The van der Waals surface area contributed by atoms with Crippen LogP contribution in [0.2, 0.25) is 0 Å². The van der Waals surface area contributed by atoms with E-state index in [-0.39, 0.29) is 11.8 Å². The normalized spacial score (nSPS) is 14.9. The van der Waals surface area contributed by atoms with Crippen molar-refractivity contribution in [2.24, 2.45) is 5.92 Å². The fraction of sp³-hybridized carbons (Fsp3) is 0.265. The van der Waals surface area contributed by atoms with Gasteiger partial charge in [0, 0.05) is 31.4 Å². The predicted molar refractivity (Wildman–Crippen MR) is 156 cm³/mol. The van der Waals surface area contributed by atoms with Gasteiger partial charge in [-0.1, -0.05) is 104 Å². The first-order valence-electron chi connectivity index (χ1n) is 13.7. The van der Waals surface area contributed by atoms with Gasteiger partial charge in [-0.25, -0.2) is 0 Å². The van der Waals surface area contributed by atoms with Gasteiger partial charge in [-0.2, -0.15) is 0 Å². The summed E-state index contributed by atoms with van der Waals surface area (Å²) in [6.07, 6.45) is 0. The second-order valence-electron chi connectivity index (χ2n) is 10.1. The summed E-state index contributed by atoms with van der Waals surface area (Å²) in [4.78, 5) is 17.0. The zero-order valence-electron chi connectivity index (χ0n) is 22.5. The Morgan fingerprint density at radius 2 is 1.44 bits per heavy atom. The van der Waals surface area contributed by atoms with E-state index >= 15 is 0 Å². The maximum absolute atomic E-state index is 14.6. The van der Waals surface area contributed by atoms with Gasteiger partial charge in [-0.3, -0.25) is 9.69 Å². The molecule has 200 valence electrons. The summed E-state index contributed by atoms with van der Waals surface area (Å²) in [5, 5.41) is 3.27. The van der Waals surface area contributed by atoms with Crippen molar-refractivity contribution in [1.29, 1.82) is 0 Å². The molecule has 1 aliphatic heterocycles. The fourth-order valence-corrected chi connectivity index (χ4v) is 5.57. The Hall–Kier alpha value is -3.93. The molecule has 1 heterocycles. The molecule has 0 radical (unpaired) electrons. The number of carbonyl (C=O) groups is 1. The first-order chi connectivity index (χ1) is 19.2. The number of amides is 1. The Balaban J connectivity index is 1.48. The molecular weight excluding hydrogens is 484 g/mol. The third kappa shape index (κ3) is 6.22. The number of hydrogen-bond donors (Lipinski definition) is 1. The molecule has 1 atom stereocenters. The van der Waals surface area contributed by atoms with Gasteiger partial charge in [0.25, 0.3) is 0 Å². The van der Waals surface area contributed by atoms with Crippen LogP contribution in [0.1, 0.15) is 23.6 Å². The highest BCUT2D eigenvalue weighted by Crippen LogP contribution is 2.41. The lowest BCUT2D eigenvalue weighted by molar-refractivity contribution is -0.122. The molecule has 0 aliphatic carbocycles. The number of ether oxygens (including phenoxy) is 2. The number of nitrogens with zero attached hydrogens (tertiary/aromatic N) is 1. The van der Waals surface area contributed by atoms with Gasteiger partial charge >= 0.3 is 0 Å². The maximum atomic E-state index is 14.6. The molecule has 1 saturated heterocycles. The second kappa shape index (κ2) is 12.7. The average Bonchev–Trinajstić information content (AvgIpc) is 2.99. The van der Waals surface area contributed by atoms with Crippen LogP contribution in [-0.2, 0) is 21.6 Å². The summed E-state index contributed by atoms with van der Waals surface area (Å²) in [7, 11) is 0. The minimum absolute atomic E-state index is 0.0158. The van der Waals surface area contributed by atoms with Gasteiger partial charge in [-0.05, 0) is 34.7 Å². The van der Waals surface area contributed by atoms with E-state index in [9.17, 15) is 4.79 Å². The minimum Gasteiger partial charge on any atom is -0.489 e. The summed E-state index contributed by atoms with van der Waals surface area (Å²) in [5.41, 5.74) is 2.86. The standard InChI is InChI=1S/C34H36N2O3/c1-27(25-36-20-22-38-23-21-36)34(29-14-7-3-8-15-29,30-16-9-4-10-17-30)33(37)35-31-18-11-19-32(24-31)39-26-28-12-5-2-6-13-28/h2-19,24,27H,20-23,25-26H2,1H3,(H,35,37)/t27-/m0/s1. The molecule has 0 saturated carbocycles. The summed E-state index contributed by atoms with van der Waals surface area (Å²) < 4.78 is 11.6. The molecule has 0 bridgehead atoms. The van der Waals surface area contributed by atoms with E-state index in [1.54, 1.807) is 0 Å².